The van der Waals surface area contributed by atoms with Gasteiger partial charge in [0.2, 0.25) is 0 Å². The molecular weight excluding hydrogens is 200 g/mol. The van der Waals surface area contributed by atoms with Gasteiger partial charge >= 0.3 is 0 Å². The van der Waals surface area contributed by atoms with Gasteiger partial charge in [0.25, 0.3) is 0 Å². The summed E-state index contributed by atoms with van der Waals surface area (Å²) in [6.45, 7) is 2.76. The van der Waals surface area contributed by atoms with Gasteiger partial charge in [0.05, 0.1) is 5.52 Å². The number of rotatable bonds is 5. The fourth-order valence-electron chi connectivity index (χ4n) is 1.77. The molecule has 0 radical (unpaired) electrons. The Balaban J connectivity index is 2.02. The van der Waals surface area contributed by atoms with Crippen LogP contribution in [0.2, 0.25) is 0 Å². The van der Waals surface area contributed by atoms with Crippen molar-refractivity contribution >= 4 is 11.2 Å². The summed E-state index contributed by atoms with van der Waals surface area (Å²) in [7, 11) is 0. The molecule has 0 unspecified atom stereocenters. The van der Waals surface area contributed by atoms with Crippen LogP contribution in [0.15, 0.2) is 12.1 Å². The number of H-pyrrole nitrogens is 1. The number of nitrogens with zero attached hydrogens (tertiary/aromatic N) is 2. The lowest BCUT2D eigenvalue weighted by atomic mass is 10.2. The predicted octanol–water partition coefficient (Wildman–Crippen LogP) is 1.94. The third-order valence-corrected chi connectivity index (χ3v) is 2.65. The highest BCUT2D eigenvalue weighted by Gasteiger charge is 2.03. The molecule has 0 spiro atoms. The minimum absolute atomic E-state index is 0.779. The van der Waals surface area contributed by atoms with E-state index >= 15 is 0 Å². The molecule has 0 aromatic carbocycles. The van der Waals surface area contributed by atoms with E-state index in [9.17, 15) is 0 Å². The molecule has 4 nitrogen and oxygen atoms in total. The van der Waals surface area contributed by atoms with Crippen LogP contribution in [0.4, 0.5) is 0 Å². The molecule has 0 saturated carbocycles. The summed E-state index contributed by atoms with van der Waals surface area (Å²) in [4.78, 5) is 12.1. The molecule has 86 valence electrons. The van der Waals surface area contributed by atoms with Gasteiger partial charge in [-0.2, -0.15) is 0 Å². The van der Waals surface area contributed by atoms with Crippen molar-refractivity contribution in [2.24, 2.45) is 5.73 Å². The van der Waals surface area contributed by atoms with Crippen LogP contribution in [0, 0.1) is 6.92 Å². The number of aromatic amines is 1. The van der Waals surface area contributed by atoms with Gasteiger partial charge in [-0.05, 0) is 38.4 Å². The molecule has 0 aliphatic rings. The Morgan fingerprint density at radius 3 is 2.88 bits per heavy atom. The number of pyridine rings is 1. The van der Waals surface area contributed by atoms with Gasteiger partial charge in [-0.15, -0.1) is 0 Å². The second-order valence-electron chi connectivity index (χ2n) is 4.11. The van der Waals surface area contributed by atoms with E-state index in [1.165, 1.54) is 6.42 Å². The Morgan fingerprint density at radius 2 is 2.06 bits per heavy atom. The smallest absolute Gasteiger partial charge is 0.177 e. The molecule has 0 saturated heterocycles. The van der Waals surface area contributed by atoms with Gasteiger partial charge in [-0.25, -0.2) is 9.97 Å². The molecule has 2 aromatic heterocycles. The lowest BCUT2D eigenvalue weighted by Gasteiger charge is -1.95. The number of imidazole rings is 1. The summed E-state index contributed by atoms with van der Waals surface area (Å²) in [6, 6.07) is 4.03. The van der Waals surface area contributed by atoms with Crippen LogP contribution in [0.3, 0.4) is 0 Å². The van der Waals surface area contributed by atoms with E-state index in [1.54, 1.807) is 0 Å². The minimum Gasteiger partial charge on any atom is -0.341 e. The molecule has 0 amide bonds. The fraction of sp³-hybridized carbons (Fsp3) is 0.500. The molecule has 0 aliphatic heterocycles. The van der Waals surface area contributed by atoms with Gasteiger partial charge in [-0.3, -0.25) is 0 Å². The number of hydrogen-bond donors (Lipinski definition) is 2. The average molecular weight is 218 g/mol. The number of aromatic nitrogens is 3. The van der Waals surface area contributed by atoms with Crippen molar-refractivity contribution in [2.75, 3.05) is 6.54 Å². The zero-order chi connectivity index (χ0) is 11.4. The third-order valence-electron chi connectivity index (χ3n) is 2.65. The number of hydrogen-bond acceptors (Lipinski definition) is 3. The highest BCUT2D eigenvalue weighted by atomic mass is 15.0. The number of nitrogens with two attached hydrogens (primary N) is 1. The quantitative estimate of drug-likeness (QED) is 0.753. The summed E-state index contributed by atoms with van der Waals surface area (Å²) < 4.78 is 0. The van der Waals surface area contributed by atoms with Crippen LogP contribution >= 0.6 is 0 Å². The van der Waals surface area contributed by atoms with Crippen LogP contribution in [0.5, 0.6) is 0 Å². The van der Waals surface area contributed by atoms with E-state index in [0.29, 0.717) is 0 Å². The molecule has 2 rings (SSSR count). The van der Waals surface area contributed by atoms with Gasteiger partial charge in [0.1, 0.15) is 5.82 Å². The van der Waals surface area contributed by atoms with Gasteiger partial charge < -0.3 is 10.7 Å². The van der Waals surface area contributed by atoms with E-state index in [4.69, 9.17) is 5.73 Å². The Hall–Kier alpha value is -1.42. The van der Waals surface area contributed by atoms with E-state index < -0.39 is 0 Å². The van der Waals surface area contributed by atoms with Gasteiger partial charge in [0.15, 0.2) is 5.65 Å². The molecule has 3 N–H and O–H groups in total. The minimum atomic E-state index is 0.779. The Kier molecular flexibility index (Phi) is 3.51. The van der Waals surface area contributed by atoms with Crippen molar-refractivity contribution in [3.8, 4) is 0 Å². The van der Waals surface area contributed by atoms with Crippen molar-refractivity contribution in [1.29, 1.82) is 0 Å². The summed E-state index contributed by atoms with van der Waals surface area (Å²) in [5.41, 5.74) is 8.32. The van der Waals surface area contributed by atoms with Crippen molar-refractivity contribution in [3.63, 3.8) is 0 Å². The molecule has 2 aromatic rings. The number of unbranched alkanes of at least 4 members (excludes halogenated alkanes) is 2. The Morgan fingerprint density at radius 1 is 1.19 bits per heavy atom. The topological polar surface area (TPSA) is 67.6 Å². The molecule has 2 heterocycles. The zero-order valence-corrected chi connectivity index (χ0v) is 9.66. The SMILES string of the molecule is Cc1ccc2[nH]c(CCCCCN)nc2n1. The molecule has 0 bridgehead atoms. The predicted molar refractivity (Wildman–Crippen MR) is 65.2 cm³/mol. The third kappa shape index (κ3) is 2.58. The maximum Gasteiger partial charge on any atom is 0.177 e. The maximum atomic E-state index is 5.45. The first-order valence-corrected chi connectivity index (χ1v) is 5.82. The number of nitrogens with one attached hydrogen (secondary N) is 1. The van der Waals surface area contributed by atoms with Crippen LogP contribution in [0.1, 0.15) is 30.8 Å². The first-order chi connectivity index (χ1) is 7.79. The van der Waals surface area contributed by atoms with Crippen LogP contribution in [-0.4, -0.2) is 21.5 Å². The highest BCUT2D eigenvalue weighted by Crippen LogP contribution is 2.11. The van der Waals surface area contributed by atoms with Crippen molar-refractivity contribution in [1.82, 2.24) is 15.0 Å². The molecule has 0 fully saturated rings. The van der Waals surface area contributed by atoms with Crippen molar-refractivity contribution in [2.45, 2.75) is 32.6 Å². The summed E-state index contributed by atoms with van der Waals surface area (Å²) in [5.74, 6) is 1.03. The van der Waals surface area contributed by atoms with Crippen molar-refractivity contribution in [3.05, 3.63) is 23.7 Å². The van der Waals surface area contributed by atoms with E-state index in [0.717, 1.165) is 48.5 Å². The first-order valence-electron chi connectivity index (χ1n) is 5.82. The normalized spacial score (nSPS) is 11.1. The Bertz CT molecular complexity index is 461. The van der Waals surface area contributed by atoms with E-state index in [2.05, 4.69) is 15.0 Å². The molecule has 0 atom stereocenters. The summed E-state index contributed by atoms with van der Waals surface area (Å²) in [6.07, 6.45) is 4.38. The highest BCUT2D eigenvalue weighted by molar-refractivity contribution is 5.70. The fourth-order valence-corrected chi connectivity index (χ4v) is 1.77. The largest absolute Gasteiger partial charge is 0.341 e. The lowest BCUT2D eigenvalue weighted by Crippen LogP contribution is -1.98. The molecule has 16 heavy (non-hydrogen) atoms. The lowest BCUT2D eigenvalue weighted by molar-refractivity contribution is 0.673. The Labute approximate surface area is 95.3 Å². The molecule has 0 aliphatic carbocycles. The first kappa shape index (κ1) is 11.1. The van der Waals surface area contributed by atoms with Crippen LogP contribution in [0.25, 0.3) is 11.2 Å². The number of aryl methyl sites for hydroxylation is 2. The van der Waals surface area contributed by atoms with E-state index in [1.807, 2.05) is 19.1 Å². The number of fused-ring (bicyclic) bond motifs is 1. The van der Waals surface area contributed by atoms with Crippen LogP contribution < -0.4 is 5.73 Å². The second kappa shape index (κ2) is 5.07. The maximum absolute atomic E-state index is 5.45. The monoisotopic (exact) mass is 218 g/mol. The van der Waals surface area contributed by atoms with Gasteiger partial charge in [0, 0.05) is 12.1 Å². The van der Waals surface area contributed by atoms with Crippen molar-refractivity contribution < 1.29 is 0 Å². The second-order valence-corrected chi connectivity index (χ2v) is 4.11. The van der Waals surface area contributed by atoms with Crippen LogP contribution in [-0.2, 0) is 6.42 Å². The summed E-state index contributed by atoms with van der Waals surface area (Å²) in [5, 5.41) is 0. The zero-order valence-electron chi connectivity index (χ0n) is 9.66. The standard InChI is InChI=1S/C12H18N4/c1-9-6-7-10-12(14-9)16-11(15-10)5-3-2-4-8-13/h6-7H,2-5,8,13H2,1H3,(H,14,15,16). The average Bonchev–Trinajstić information content (AvgIpc) is 2.66. The van der Waals surface area contributed by atoms with E-state index in [-0.39, 0.29) is 0 Å². The molecule has 4 heteroatoms. The molecular formula is C12H18N4. The summed E-state index contributed by atoms with van der Waals surface area (Å²) >= 11 is 0. The van der Waals surface area contributed by atoms with Gasteiger partial charge in [-0.1, -0.05) is 6.42 Å².